The SMILES string of the molecule is C=Cc1c(/C=C\C)[p+](=O)o/c(=C/C=C\C)c1=C. The van der Waals surface area contributed by atoms with Crippen LogP contribution < -0.4 is 10.6 Å². The van der Waals surface area contributed by atoms with Crippen LogP contribution in [0.15, 0.2) is 29.0 Å². The predicted octanol–water partition coefficient (Wildman–Crippen LogP) is 3.47. The first-order valence-corrected chi connectivity index (χ1v) is 6.50. The lowest BCUT2D eigenvalue weighted by Crippen LogP contribution is -2.25. The second-order valence-corrected chi connectivity index (χ2v) is 4.57. The Balaban J connectivity index is 3.76. The molecule has 17 heavy (non-hydrogen) atoms. The average Bonchev–Trinajstić information content (AvgIpc) is 2.32. The molecule has 0 bridgehead atoms. The Morgan fingerprint density at radius 1 is 1.29 bits per heavy atom. The largest absolute Gasteiger partial charge is 0.597 e. The van der Waals surface area contributed by atoms with Crippen LogP contribution in [0.3, 0.4) is 0 Å². The molecule has 0 saturated heterocycles. The zero-order valence-electron chi connectivity index (χ0n) is 10.1. The van der Waals surface area contributed by atoms with Crippen LogP contribution in [0.5, 0.6) is 0 Å². The Morgan fingerprint density at radius 3 is 2.53 bits per heavy atom. The Hall–Kier alpha value is -1.66. The van der Waals surface area contributed by atoms with E-state index in [0.717, 1.165) is 5.56 Å². The quantitative estimate of drug-likeness (QED) is 0.818. The minimum atomic E-state index is -1.88. The molecule has 1 heterocycles. The zero-order valence-corrected chi connectivity index (χ0v) is 11.0. The van der Waals surface area contributed by atoms with Gasteiger partial charge in [-0.05, 0) is 30.6 Å². The number of rotatable bonds is 3. The molecule has 0 radical (unpaired) electrons. The molecule has 2 nitrogen and oxygen atoms in total. The van der Waals surface area contributed by atoms with Crippen molar-refractivity contribution < 1.29 is 8.76 Å². The summed E-state index contributed by atoms with van der Waals surface area (Å²) in [4.78, 5) is 0. The van der Waals surface area contributed by atoms with Gasteiger partial charge in [-0.1, -0.05) is 37.5 Å². The molecule has 3 heteroatoms. The molecule has 0 aliphatic heterocycles. The van der Waals surface area contributed by atoms with Crippen molar-refractivity contribution in [1.82, 2.24) is 0 Å². The highest BCUT2D eigenvalue weighted by molar-refractivity contribution is 7.31. The van der Waals surface area contributed by atoms with E-state index in [2.05, 4.69) is 13.2 Å². The maximum absolute atomic E-state index is 11.9. The Bertz CT molecular complexity index is 633. The molecule has 88 valence electrons. The molecule has 1 atom stereocenters. The molecule has 0 aromatic carbocycles. The monoisotopic (exact) mass is 247 g/mol. The molecule has 0 aliphatic rings. The van der Waals surface area contributed by atoms with Crippen molar-refractivity contribution in [3.63, 3.8) is 0 Å². The highest BCUT2D eigenvalue weighted by Crippen LogP contribution is 2.22. The van der Waals surface area contributed by atoms with E-state index in [1.165, 1.54) is 0 Å². The molecular weight excluding hydrogens is 231 g/mol. The van der Waals surface area contributed by atoms with Crippen LogP contribution in [-0.2, 0) is 4.57 Å². The van der Waals surface area contributed by atoms with Gasteiger partial charge in [-0.2, -0.15) is 0 Å². The molecule has 1 rings (SSSR count). The second-order valence-electron chi connectivity index (χ2n) is 3.39. The summed E-state index contributed by atoms with van der Waals surface area (Å²) in [5, 5.41) is 1.35. The van der Waals surface area contributed by atoms with Crippen molar-refractivity contribution in [3.05, 3.63) is 46.3 Å². The topological polar surface area (TPSA) is 30.2 Å². The summed E-state index contributed by atoms with van der Waals surface area (Å²) in [6, 6.07) is 0. The molecule has 0 spiro atoms. The Labute approximate surface area is 102 Å². The normalized spacial score (nSPS) is 13.8. The van der Waals surface area contributed by atoms with Gasteiger partial charge in [0.05, 0.1) is 0 Å². The molecule has 0 aliphatic carbocycles. The third kappa shape index (κ3) is 2.92. The van der Waals surface area contributed by atoms with Crippen LogP contribution in [0.25, 0.3) is 24.8 Å². The van der Waals surface area contributed by atoms with E-state index in [0.29, 0.717) is 15.9 Å². The lowest BCUT2D eigenvalue weighted by atomic mass is 10.2. The summed E-state index contributed by atoms with van der Waals surface area (Å²) >= 11 is 0. The van der Waals surface area contributed by atoms with Gasteiger partial charge in [0.25, 0.3) is 0 Å². The number of hydrogen-bond acceptors (Lipinski definition) is 2. The molecule has 1 aromatic rings. The van der Waals surface area contributed by atoms with Crippen molar-refractivity contribution >= 4 is 32.5 Å². The van der Waals surface area contributed by atoms with E-state index in [9.17, 15) is 4.57 Å². The highest BCUT2D eigenvalue weighted by atomic mass is 31.1. The van der Waals surface area contributed by atoms with Crippen molar-refractivity contribution in [2.45, 2.75) is 13.8 Å². The van der Waals surface area contributed by atoms with E-state index in [1.807, 2.05) is 32.1 Å². The summed E-state index contributed by atoms with van der Waals surface area (Å²) in [6.07, 6.45) is 10.7. The fourth-order valence-electron chi connectivity index (χ4n) is 1.43. The van der Waals surface area contributed by atoms with E-state index in [-0.39, 0.29) is 0 Å². The average molecular weight is 247 g/mol. The molecule has 0 amide bonds. The standard InChI is InChI=1S/C14H16O2P/c1-5-8-10-13-11(4)12(7-3)14(9-6-2)17(15)16-13/h5-10H,3-4H2,1-2H3/q+1/b8-5-,9-6-,13-10+. The van der Waals surface area contributed by atoms with Crippen LogP contribution in [0, 0.1) is 0 Å². The molecule has 1 unspecified atom stereocenters. The maximum atomic E-state index is 11.9. The van der Waals surface area contributed by atoms with Crippen LogP contribution in [0.2, 0.25) is 0 Å². The van der Waals surface area contributed by atoms with Crippen molar-refractivity contribution in [2.24, 2.45) is 0 Å². The first-order chi connectivity index (χ1) is 8.15. The van der Waals surface area contributed by atoms with E-state index >= 15 is 0 Å². The lowest BCUT2D eigenvalue weighted by Gasteiger charge is -1.92. The predicted molar refractivity (Wildman–Crippen MR) is 75.2 cm³/mol. The van der Waals surface area contributed by atoms with Crippen LogP contribution in [-0.4, -0.2) is 0 Å². The van der Waals surface area contributed by atoms with Crippen LogP contribution in [0.1, 0.15) is 24.7 Å². The first kappa shape index (κ1) is 13.4. The van der Waals surface area contributed by atoms with Crippen LogP contribution in [0.4, 0.5) is 0 Å². The fourth-order valence-corrected chi connectivity index (χ4v) is 2.57. The molecule has 0 fully saturated rings. The fraction of sp³-hybridized carbons (Fsp3) is 0.143. The van der Waals surface area contributed by atoms with Crippen molar-refractivity contribution in [3.8, 4) is 0 Å². The van der Waals surface area contributed by atoms with Gasteiger partial charge in [0.15, 0.2) is 5.42 Å². The third-order valence-electron chi connectivity index (χ3n) is 2.25. The smallest absolute Gasteiger partial charge is 0.250 e. The van der Waals surface area contributed by atoms with Gasteiger partial charge >= 0.3 is 7.65 Å². The van der Waals surface area contributed by atoms with Crippen molar-refractivity contribution in [2.75, 3.05) is 0 Å². The summed E-state index contributed by atoms with van der Waals surface area (Å²) in [5.41, 5.74) is 1.32. The van der Waals surface area contributed by atoms with E-state index in [4.69, 9.17) is 4.20 Å². The van der Waals surface area contributed by atoms with Crippen molar-refractivity contribution in [1.29, 1.82) is 0 Å². The highest BCUT2D eigenvalue weighted by Gasteiger charge is 2.16. The maximum Gasteiger partial charge on any atom is 0.597 e. The van der Waals surface area contributed by atoms with E-state index < -0.39 is 7.65 Å². The number of hydrogen-bond donors (Lipinski definition) is 0. The lowest BCUT2D eigenvalue weighted by molar-refractivity contribution is 0.533. The Kier molecular flexibility index (Phi) is 4.86. The molecule has 0 saturated carbocycles. The Morgan fingerprint density at radius 2 is 2.00 bits per heavy atom. The van der Waals surface area contributed by atoms with Gasteiger partial charge < -0.3 is 0 Å². The third-order valence-corrected chi connectivity index (χ3v) is 3.39. The van der Waals surface area contributed by atoms with Gasteiger partial charge in [-0.15, -0.1) is 0 Å². The molecule has 1 aromatic heterocycles. The van der Waals surface area contributed by atoms with Gasteiger partial charge in [0.1, 0.15) is 0 Å². The molecular formula is C14H16O2P+. The van der Waals surface area contributed by atoms with Crippen LogP contribution >= 0.6 is 7.65 Å². The molecule has 0 N–H and O–H groups in total. The summed E-state index contributed by atoms with van der Waals surface area (Å²) < 4.78 is 17.3. The van der Waals surface area contributed by atoms with Gasteiger partial charge in [0.2, 0.25) is 5.30 Å². The van der Waals surface area contributed by atoms with Gasteiger partial charge in [-0.25, -0.2) is 4.20 Å². The first-order valence-electron chi connectivity index (χ1n) is 5.33. The summed E-state index contributed by atoms with van der Waals surface area (Å²) in [6.45, 7) is 11.5. The van der Waals surface area contributed by atoms with Gasteiger partial charge in [0, 0.05) is 10.8 Å². The number of allylic oxidation sites excluding steroid dienone is 3. The van der Waals surface area contributed by atoms with E-state index in [1.54, 1.807) is 18.2 Å². The minimum absolute atomic E-state index is 0.535. The van der Waals surface area contributed by atoms with Gasteiger partial charge in [-0.3, -0.25) is 0 Å². The second kappa shape index (κ2) is 6.17. The minimum Gasteiger partial charge on any atom is -0.250 e. The summed E-state index contributed by atoms with van der Waals surface area (Å²) in [5.74, 6) is 0. The zero-order chi connectivity index (χ0) is 12.8. The summed E-state index contributed by atoms with van der Waals surface area (Å²) in [7, 11) is -1.88.